The average molecular weight is 1260 g/mol. The van der Waals surface area contributed by atoms with Gasteiger partial charge in [-0.1, -0.05) is 124 Å². The van der Waals surface area contributed by atoms with Gasteiger partial charge in [-0.3, -0.25) is 14.4 Å². The van der Waals surface area contributed by atoms with Gasteiger partial charge in [0.15, 0.2) is 17.3 Å². The van der Waals surface area contributed by atoms with Gasteiger partial charge in [-0.2, -0.15) is 0 Å². The number of hydrogen-bond donors (Lipinski definition) is 2. The van der Waals surface area contributed by atoms with Crippen LogP contribution in [0.25, 0.3) is 0 Å². The van der Waals surface area contributed by atoms with E-state index in [0.29, 0.717) is 18.6 Å². The first-order valence-corrected chi connectivity index (χ1v) is 32.8. The minimum atomic E-state index is -0.788. The van der Waals surface area contributed by atoms with E-state index in [1.807, 2.05) is 37.0 Å². The zero-order valence-corrected chi connectivity index (χ0v) is 43.6. The second-order valence-corrected chi connectivity index (χ2v) is 47.0. The summed E-state index contributed by atoms with van der Waals surface area (Å²) in [5, 5.41) is 18.7. The molecule has 4 rings (SSSR count). The van der Waals surface area contributed by atoms with Crippen molar-refractivity contribution in [1.82, 2.24) is 0 Å². The molecule has 0 unspecified atom stereocenters. The predicted octanol–water partition coefficient (Wildman–Crippen LogP) is 12.0. The summed E-state index contributed by atoms with van der Waals surface area (Å²) in [6.07, 6.45) is 18.3. The molecule has 0 fully saturated rings. The molecule has 12 heteroatoms. The van der Waals surface area contributed by atoms with Crippen LogP contribution in [0, 0.1) is 6.92 Å². The van der Waals surface area contributed by atoms with Crippen molar-refractivity contribution < 1.29 is 66.6 Å². The molecule has 0 spiro atoms. The first-order chi connectivity index (χ1) is 22.9. The van der Waals surface area contributed by atoms with Crippen molar-refractivity contribution in [2.75, 3.05) is 4.93 Å². The van der Waals surface area contributed by atoms with E-state index in [4.69, 9.17) is 0 Å². The van der Waals surface area contributed by atoms with Gasteiger partial charge in [-0.25, -0.2) is 0 Å². The van der Waals surface area contributed by atoms with Gasteiger partial charge in [0.1, 0.15) is 12.2 Å². The number of aryl methyl sites for hydroxylation is 2. The summed E-state index contributed by atoms with van der Waals surface area (Å²) in [7, 11) is 0. The standard InChI is InChI=1S/C10H14.2C9H14O2.C9H14O.CH3I.3HI.3V/c1-3-5-10-7-4-6-9(2)8-10;2*1-2-4-7-5-3-6-8(10)9(7)11;1-2-4-8-5-3-6-9(10)7-8;1-2;;;;;;/h4,6-8H,3,5H2,1-2H3;2*5,9,11H,2-4,6H2,1H3;7H,2-6H2,1H3;1H3;3*1H;;;/q;;;;;;;;;;+3/p-3/t;2*9-;;;;;;;;/m.10......../s1. The second kappa shape index (κ2) is 39.3. The van der Waals surface area contributed by atoms with Crippen LogP contribution in [0.4, 0.5) is 0 Å². The summed E-state index contributed by atoms with van der Waals surface area (Å²) < 4.78 is 0. The van der Waals surface area contributed by atoms with E-state index >= 15 is 0 Å². The molecule has 50 heavy (non-hydrogen) atoms. The minimum absolute atomic E-state index is 0. The molecule has 2 N–H and O–H groups in total. The van der Waals surface area contributed by atoms with E-state index in [1.54, 1.807) is 0 Å². The minimum Gasteiger partial charge on any atom is 0 e. The molecule has 1 aromatic carbocycles. The molecule has 3 aliphatic rings. The molecule has 0 heterocycles. The first kappa shape index (κ1) is 58.7. The number of benzene rings is 1. The Kier molecular flexibility index (Phi) is 46.2. The van der Waals surface area contributed by atoms with Gasteiger partial charge in [-0.05, 0) is 86.0 Å². The monoisotopic (exact) mass is 1260 g/mol. The maximum atomic E-state index is 11.0. The zero-order valence-electron chi connectivity index (χ0n) is 30.8. The van der Waals surface area contributed by atoms with Gasteiger partial charge >= 0.3 is 64.9 Å². The van der Waals surface area contributed by atoms with E-state index in [2.05, 4.69) is 128 Å². The fraction of sp³-hybridized carbons (Fsp3) is 0.605. The number of aliphatic hydroxyl groups is 2. The van der Waals surface area contributed by atoms with Gasteiger partial charge in [-0.15, -0.1) is 0 Å². The number of alkyl halides is 1. The molecule has 5 nitrogen and oxygen atoms in total. The summed E-state index contributed by atoms with van der Waals surface area (Å²) in [4.78, 5) is 34.5. The third-order valence-corrected chi connectivity index (χ3v) is 7.46. The zero-order chi connectivity index (χ0) is 36.9. The molecule has 0 aromatic heterocycles. The molecule has 0 aliphatic heterocycles. The summed E-state index contributed by atoms with van der Waals surface area (Å²) in [6.45, 7) is 10.6. The number of ketones is 3. The maximum Gasteiger partial charge on any atom is 0 e. The van der Waals surface area contributed by atoms with Crippen LogP contribution in [0.5, 0.6) is 0 Å². The Bertz CT molecular complexity index is 1100. The van der Waals surface area contributed by atoms with E-state index in [1.165, 1.54) is 36.0 Å². The van der Waals surface area contributed by atoms with E-state index in [-0.39, 0.29) is 53.6 Å². The van der Waals surface area contributed by atoms with Gasteiger partial charge < -0.3 is 10.2 Å². The Balaban J connectivity index is -0.000000265. The van der Waals surface area contributed by atoms with Crippen molar-refractivity contribution in [2.45, 2.75) is 143 Å². The second-order valence-electron chi connectivity index (χ2n) is 11.7. The Morgan fingerprint density at radius 2 is 1.14 bits per heavy atom. The smallest absolute Gasteiger partial charge is 0 e. The first-order valence-electron chi connectivity index (χ1n) is 17.1. The average Bonchev–Trinajstić information content (AvgIpc) is 3.04. The fourth-order valence-electron chi connectivity index (χ4n) is 5.30. The maximum absolute atomic E-state index is 11.0. The van der Waals surface area contributed by atoms with Crippen molar-refractivity contribution >= 4 is 99.9 Å². The van der Waals surface area contributed by atoms with Crippen molar-refractivity contribution in [3.8, 4) is 0 Å². The van der Waals surface area contributed by atoms with E-state index in [0.717, 1.165) is 75.4 Å². The number of rotatable bonds is 8. The molecule has 2 atom stereocenters. The van der Waals surface area contributed by atoms with Crippen molar-refractivity contribution in [3.05, 3.63) is 70.3 Å². The number of halogens is 4. The van der Waals surface area contributed by atoms with E-state index in [9.17, 15) is 24.6 Å². The molecular weight excluding hydrogens is 1200 g/mol. The van der Waals surface area contributed by atoms with Crippen LogP contribution in [0.2, 0.25) is 0 Å². The molecule has 2 radical (unpaired) electrons. The number of carbonyl (C=O) groups excluding carboxylic acids is 3. The topological polar surface area (TPSA) is 91.7 Å². The Morgan fingerprint density at radius 3 is 1.52 bits per heavy atom. The van der Waals surface area contributed by atoms with Crippen LogP contribution >= 0.6 is 82.5 Å². The molecule has 284 valence electrons. The number of aliphatic hydroxyl groups excluding tert-OH is 2. The van der Waals surface area contributed by atoms with Crippen LogP contribution in [0.1, 0.15) is 129 Å². The molecule has 0 saturated heterocycles. The van der Waals surface area contributed by atoms with Gasteiger partial charge in [0.2, 0.25) is 0 Å². The Hall–Kier alpha value is 2.04. The summed E-state index contributed by atoms with van der Waals surface area (Å²) in [5.74, 6) is 0.293. The van der Waals surface area contributed by atoms with Crippen LogP contribution in [-0.2, 0) is 62.8 Å². The van der Waals surface area contributed by atoms with Crippen molar-refractivity contribution in [2.24, 2.45) is 0 Å². The third kappa shape index (κ3) is 31.3. The molecular formula is C38H59I4O5V3. The third-order valence-electron chi connectivity index (χ3n) is 7.46. The Labute approximate surface area is 379 Å². The molecule has 1 aromatic rings. The largest absolute Gasteiger partial charge is 0 e. The van der Waals surface area contributed by atoms with Crippen LogP contribution < -0.4 is 0 Å². The normalized spacial score (nSPS) is 17.6. The van der Waals surface area contributed by atoms with Crippen molar-refractivity contribution in [1.29, 1.82) is 0 Å². The van der Waals surface area contributed by atoms with Crippen LogP contribution in [0.15, 0.2) is 59.2 Å². The number of allylic oxidation sites excluding steroid dienone is 4. The van der Waals surface area contributed by atoms with Gasteiger partial charge in [0.05, 0.1) is 0 Å². The van der Waals surface area contributed by atoms with Crippen LogP contribution in [-0.4, -0.2) is 44.7 Å². The SMILES string of the molecule is CCCC1=CC(=O)CCC1.CCCC1=CCCC(=O)[C@@H]1O.CCCC1=CCCC(=O)[C@H]1O.CCCc1cccc(C)c1.CI.[I][V]([I])[I].[V].[V]. The quantitative estimate of drug-likeness (QED) is 0.154. The number of Topliss-reactive ketones (excluding diaryl/α,β-unsaturated/α-hetero) is 2. The molecule has 0 amide bonds. The van der Waals surface area contributed by atoms with Crippen LogP contribution in [0.3, 0.4) is 0 Å². The predicted molar refractivity (Wildman–Crippen MR) is 236 cm³/mol. The molecule has 0 saturated carbocycles. The van der Waals surface area contributed by atoms with Crippen molar-refractivity contribution in [3.63, 3.8) is 0 Å². The molecule has 0 bridgehead atoms. The number of hydrogen-bond acceptors (Lipinski definition) is 5. The fourth-order valence-corrected chi connectivity index (χ4v) is 5.30. The van der Waals surface area contributed by atoms with E-state index < -0.39 is 12.2 Å². The van der Waals surface area contributed by atoms with Gasteiger partial charge in [0, 0.05) is 56.4 Å². The number of carbonyl (C=O) groups is 3. The van der Waals surface area contributed by atoms with Gasteiger partial charge in [0.25, 0.3) is 0 Å². The summed E-state index contributed by atoms with van der Waals surface area (Å²) in [6, 6.07) is 8.71. The Morgan fingerprint density at radius 1 is 0.700 bits per heavy atom. The summed E-state index contributed by atoms with van der Waals surface area (Å²) >= 11 is 9.54. The molecule has 3 aliphatic carbocycles. The summed E-state index contributed by atoms with van der Waals surface area (Å²) in [5.41, 5.74) is 6.03.